The topological polar surface area (TPSA) is 92.3 Å². The minimum Gasteiger partial charge on any atom is -0.383 e. The van der Waals surface area contributed by atoms with E-state index in [1.807, 2.05) is 26.0 Å². The van der Waals surface area contributed by atoms with E-state index in [2.05, 4.69) is 31.8 Å². The second-order valence-corrected chi connectivity index (χ2v) is 8.35. The van der Waals surface area contributed by atoms with Crippen molar-refractivity contribution < 1.29 is 9.53 Å². The van der Waals surface area contributed by atoms with E-state index in [1.54, 1.807) is 7.11 Å². The number of aryl methyl sites for hydroxylation is 1. The number of carbonyl (C=O) groups excluding carboxylic acids is 1. The van der Waals surface area contributed by atoms with Crippen LogP contribution in [0.5, 0.6) is 0 Å². The maximum atomic E-state index is 12.1. The zero-order valence-corrected chi connectivity index (χ0v) is 17.5. The first-order valence-corrected chi connectivity index (χ1v) is 10.4. The van der Waals surface area contributed by atoms with Gasteiger partial charge >= 0.3 is 0 Å². The molecule has 0 spiro atoms. The summed E-state index contributed by atoms with van der Waals surface area (Å²) in [6.45, 7) is 6.63. The molecule has 2 N–H and O–H groups in total. The highest BCUT2D eigenvalue weighted by Crippen LogP contribution is 2.28. The van der Waals surface area contributed by atoms with Gasteiger partial charge in [0, 0.05) is 24.8 Å². The second kappa shape index (κ2) is 9.90. The van der Waals surface area contributed by atoms with Crippen molar-refractivity contribution >= 4 is 28.2 Å². The number of nitrogens with one attached hydrogen (secondary N) is 2. The summed E-state index contributed by atoms with van der Waals surface area (Å²) in [5.74, 6) is 1.26. The molecule has 0 bridgehead atoms. The van der Waals surface area contributed by atoms with Crippen LogP contribution in [0.3, 0.4) is 0 Å². The van der Waals surface area contributed by atoms with Crippen LogP contribution in [0, 0.1) is 6.92 Å². The summed E-state index contributed by atoms with van der Waals surface area (Å²) >= 11 is 1.51. The standard InChI is InChI=1S/C19H28N6O2S/c1-13(12-27-3)20-18(26)11-25-9-7-15(8-10-25)16-5-4-6-17(21-16)22-19-24-23-14(2)28-19/h4-6,13,15H,7-12H2,1-3H3,(H,20,26)(H,21,22,24)/t13-/m0/s1. The average Bonchev–Trinajstić information content (AvgIpc) is 3.07. The number of likely N-dealkylation sites (tertiary alicyclic amines) is 1. The lowest BCUT2D eigenvalue weighted by molar-refractivity contribution is -0.123. The number of rotatable bonds is 8. The SMILES string of the molecule is COC[C@H](C)NC(=O)CN1CCC(c2cccc(Nc3nnc(C)s3)n2)CC1. The first-order chi connectivity index (χ1) is 13.5. The van der Waals surface area contributed by atoms with Crippen molar-refractivity contribution in [3.8, 4) is 0 Å². The molecule has 0 radical (unpaired) electrons. The molecular weight excluding hydrogens is 376 g/mol. The van der Waals surface area contributed by atoms with E-state index in [9.17, 15) is 4.79 Å². The molecule has 0 aliphatic carbocycles. The maximum Gasteiger partial charge on any atom is 0.234 e. The predicted molar refractivity (Wildman–Crippen MR) is 110 cm³/mol. The summed E-state index contributed by atoms with van der Waals surface area (Å²) in [5.41, 5.74) is 1.09. The Bertz CT molecular complexity index is 775. The van der Waals surface area contributed by atoms with Crippen LogP contribution in [0.25, 0.3) is 0 Å². The fraction of sp³-hybridized carbons (Fsp3) is 0.579. The normalized spacial score (nSPS) is 16.7. The van der Waals surface area contributed by atoms with Gasteiger partial charge in [0.25, 0.3) is 0 Å². The summed E-state index contributed by atoms with van der Waals surface area (Å²) in [5, 5.41) is 16.0. The number of pyridine rings is 1. The molecule has 3 heterocycles. The number of nitrogens with zero attached hydrogens (tertiary/aromatic N) is 4. The van der Waals surface area contributed by atoms with Crippen molar-refractivity contribution in [2.75, 3.05) is 38.7 Å². The van der Waals surface area contributed by atoms with Crippen LogP contribution in [-0.2, 0) is 9.53 Å². The van der Waals surface area contributed by atoms with Crippen LogP contribution in [0.1, 0.15) is 36.4 Å². The molecule has 2 aromatic rings. The summed E-state index contributed by atoms with van der Waals surface area (Å²) in [4.78, 5) is 19.1. The van der Waals surface area contributed by atoms with Crippen LogP contribution in [0.15, 0.2) is 18.2 Å². The lowest BCUT2D eigenvalue weighted by Gasteiger charge is -2.31. The van der Waals surface area contributed by atoms with Gasteiger partial charge in [0.2, 0.25) is 11.0 Å². The van der Waals surface area contributed by atoms with Crippen LogP contribution in [-0.4, -0.2) is 65.4 Å². The van der Waals surface area contributed by atoms with E-state index >= 15 is 0 Å². The highest BCUT2D eigenvalue weighted by atomic mass is 32.1. The zero-order valence-electron chi connectivity index (χ0n) is 16.6. The van der Waals surface area contributed by atoms with Crippen molar-refractivity contribution in [1.82, 2.24) is 25.4 Å². The third-order valence-corrected chi connectivity index (χ3v) is 5.48. The minimum absolute atomic E-state index is 0.0336. The molecule has 152 valence electrons. The zero-order chi connectivity index (χ0) is 19.9. The highest BCUT2D eigenvalue weighted by Gasteiger charge is 2.23. The molecule has 1 saturated heterocycles. The van der Waals surface area contributed by atoms with Gasteiger partial charge in [-0.2, -0.15) is 0 Å². The summed E-state index contributed by atoms with van der Waals surface area (Å²) in [6, 6.07) is 6.08. The summed E-state index contributed by atoms with van der Waals surface area (Å²) in [7, 11) is 1.64. The minimum atomic E-state index is 0.0336. The van der Waals surface area contributed by atoms with Crippen molar-refractivity contribution in [3.63, 3.8) is 0 Å². The molecule has 1 atom stereocenters. The Morgan fingerprint density at radius 2 is 2.14 bits per heavy atom. The van der Waals surface area contributed by atoms with Crippen LogP contribution >= 0.6 is 11.3 Å². The Hall–Kier alpha value is -2.10. The van der Waals surface area contributed by atoms with Crippen LogP contribution < -0.4 is 10.6 Å². The molecule has 0 saturated carbocycles. The van der Waals surface area contributed by atoms with Gasteiger partial charge in [-0.1, -0.05) is 17.4 Å². The van der Waals surface area contributed by atoms with Crippen molar-refractivity contribution in [3.05, 3.63) is 28.9 Å². The van der Waals surface area contributed by atoms with Gasteiger partial charge in [-0.3, -0.25) is 9.69 Å². The van der Waals surface area contributed by atoms with Crippen molar-refractivity contribution in [1.29, 1.82) is 0 Å². The number of hydrogen-bond acceptors (Lipinski definition) is 8. The number of carbonyl (C=O) groups is 1. The Labute approximate surface area is 169 Å². The number of aromatic nitrogens is 3. The van der Waals surface area contributed by atoms with Crippen LogP contribution in [0.4, 0.5) is 10.9 Å². The molecule has 3 rings (SSSR count). The fourth-order valence-corrected chi connectivity index (χ4v) is 4.01. The number of piperidine rings is 1. The first-order valence-electron chi connectivity index (χ1n) is 9.58. The fourth-order valence-electron chi connectivity index (χ4n) is 3.41. The summed E-state index contributed by atoms with van der Waals surface area (Å²) < 4.78 is 5.06. The van der Waals surface area contributed by atoms with Crippen molar-refractivity contribution in [2.24, 2.45) is 0 Å². The molecule has 9 heteroatoms. The van der Waals surface area contributed by atoms with E-state index in [0.29, 0.717) is 19.1 Å². The lowest BCUT2D eigenvalue weighted by atomic mass is 9.93. The monoisotopic (exact) mass is 404 g/mol. The lowest BCUT2D eigenvalue weighted by Crippen LogP contribution is -2.44. The van der Waals surface area contributed by atoms with E-state index < -0.39 is 0 Å². The smallest absolute Gasteiger partial charge is 0.234 e. The number of amides is 1. The number of ether oxygens (including phenoxy) is 1. The van der Waals surface area contributed by atoms with Gasteiger partial charge in [0.15, 0.2) is 0 Å². The second-order valence-electron chi connectivity index (χ2n) is 7.17. The van der Waals surface area contributed by atoms with Gasteiger partial charge < -0.3 is 15.4 Å². The third kappa shape index (κ3) is 5.95. The van der Waals surface area contributed by atoms with Gasteiger partial charge in [0.05, 0.1) is 13.2 Å². The number of anilines is 2. The highest BCUT2D eigenvalue weighted by molar-refractivity contribution is 7.15. The van der Waals surface area contributed by atoms with Crippen LogP contribution in [0.2, 0.25) is 0 Å². The predicted octanol–water partition coefficient (Wildman–Crippen LogP) is 2.32. The number of hydrogen-bond donors (Lipinski definition) is 2. The molecular formula is C19H28N6O2S. The maximum absolute atomic E-state index is 12.1. The Morgan fingerprint density at radius 1 is 1.36 bits per heavy atom. The van der Waals surface area contributed by atoms with Gasteiger partial charge in [-0.15, -0.1) is 10.2 Å². The third-order valence-electron chi connectivity index (χ3n) is 4.73. The molecule has 8 nitrogen and oxygen atoms in total. The van der Waals surface area contributed by atoms with Gasteiger partial charge in [-0.25, -0.2) is 4.98 Å². The summed E-state index contributed by atoms with van der Waals surface area (Å²) in [6.07, 6.45) is 1.99. The molecule has 1 aliphatic heterocycles. The quantitative estimate of drug-likeness (QED) is 0.697. The van der Waals surface area contributed by atoms with E-state index in [-0.39, 0.29) is 11.9 Å². The van der Waals surface area contributed by atoms with Gasteiger partial charge in [0.1, 0.15) is 10.8 Å². The molecule has 1 fully saturated rings. The Kier molecular flexibility index (Phi) is 7.30. The van der Waals surface area contributed by atoms with E-state index in [0.717, 1.165) is 47.6 Å². The molecule has 0 unspecified atom stereocenters. The van der Waals surface area contributed by atoms with E-state index in [1.165, 1.54) is 11.3 Å². The van der Waals surface area contributed by atoms with E-state index in [4.69, 9.17) is 9.72 Å². The molecule has 2 aromatic heterocycles. The first kappa shape index (κ1) is 20.6. The largest absolute Gasteiger partial charge is 0.383 e. The Balaban J connectivity index is 1.49. The average molecular weight is 405 g/mol. The Morgan fingerprint density at radius 3 is 2.82 bits per heavy atom. The number of methoxy groups -OCH3 is 1. The van der Waals surface area contributed by atoms with Gasteiger partial charge in [-0.05, 0) is 51.9 Å². The molecule has 28 heavy (non-hydrogen) atoms. The van der Waals surface area contributed by atoms with Crippen molar-refractivity contribution in [2.45, 2.75) is 38.6 Å². The molecule has 1 amide bonds. The molecule has 1 aliphatic rings. The molecule has 0 aromatic carbocycles.